The molecule has 0 spiro atoms. The minimum absolute atomic E-state index is 0.0776. The zero-order valence-electron chi connectivity index (χ0n) is 18.4. The Morgan fingerprint density at radius 3 is 2.79 bits per heavy atom. The number of aryl methyl sites for hydroxylation is 1. The van der Waals surface area contributed by atoms with Crippen molar-refractivity contribution in [3.05, 3.63) is 61.4 Å². The first-order chi connectivity index (χ1) is 15.9. The first-order valence-corrected chi connectivity index (χ1v) is 11.2. The average molecular weight is 473 g/mol. The zero-order chi connectivity index (χ0) is 23.5. The lowest BCUT2D eigenvalue weighted by Gasteiger charge is -2.15. The third-order valence-electron chi connectivity index (χ3n) is 5.41. The van der Waals surface area contributed by atoms with E-state index in [-0.39, 0.29) is 29.1 Å². The Morgan fingerprint density at radius 1 is 1.30 bits per heavy atom. The van der Waals surface area contributed by atoms with Crippen molar-refractivity contribution >= 4 is 34.2 Å². The average Bonchev–Trinajstić information content (AvgIpc) is 3.63. The van der Waals surface area contributed by atoms with Crippen molar-refractivity contribution in [2.24, 2.45) is 0 Å². The van der Waals surface area contributed by atoms with E-state index < -0.39 is 17.2 Å². The second-order valence-electron chi connectivity index (χ2n) is 7.89. The normalized spacial score (nSPS) is 13.3. The summed E-state index contributed by atoms with van der Waals surface area (Å²) in [6, 6.07) is 6.64. The standard InChI is InChI=1S/C23H25ClN4O5/c1-3-9-28-20-18(22(30)27-23(28)31)14(12-17(25-20)13-7-8-13)21(29)26-16-6-4-5-15(24)19(16)33-11-10-32-2/h4-6,12-13H,3,7-11H2,1-2H3,(H,26,29)(H,27,30,31). The van der Waals surface area contributed by atoms with E-state index >= 15 is 0 Å². The van der Waals surface area contributed by atoms with E-state index in [0.717, 1.165) is 12.8 Å². The monoisotopic (exact) mass is 472 g/mol. The van der Waals surface area contributed by atoms with Crippen molar-refractivity contribution in [2.75, 3.05) is 25.6 Å². The van der Waals surface area contributed by atoms with Crippen molar-refractivity contribution in [3.63, 3.8) is 0 Å². The Labute approximate surface area is 194 Å². The molecular weight excluding hydrogens is 448 g/mol. The van der Waals surface area contributed by atoms with E-state index in [4.69, 9.17) is 21.1 Å². The number of benzene rings is 1. The largest absolute Gasteiger partial charge is 0.487 e. The summed E-state index contributed by atoms with van der Waals surface area (Å²) in [7, 11) is 1.56. The number of halogens is 1. The fraction of sp³-hybridized carbons (Fsp3) is 0.391. The summed E-state index contributed by atoms with van der Waals surface area (Å²) in [5.74, 6) is 0.00188. The molecule has 2 aromatic heterocycles. The zero-order valence-corrected chi connectivity index (χ0v) is 19.2. The van der Waals surface area contributed by atoms with Gasteiger partial charge in [0.05, 0.1) is 28.3 Å². The van der Waals surface area contributed by atoms with Crippen LogP contribution in [0.3, 0.4) is 0 Å². The molecule has 33 heavy (non-hydrogen) atoms. The van der Waals surface area contributed by atoms with Gasteiger partial charge >= 0.3 is 5.69 Å². The maximum Gasteiger partial charge on any atom is 0.329 e. The van der Waals surface area contributed by atoms with Crippen molar-refractivity contribution in [3.8, 4) is 5.75 Å². The minimum atomic E-state index is -0.648. The lowest BCUT2D eigenvalue weighted by atomic mass is 10.1. The van der Waals surface area contributed by atoms with Gasteiger partial charge in [0, 0.05) is 25.3 Å². The topological polar surface area (TPSA) is 115 Å². The molecule has 174 valence electrons. The van der Waals surface area contributed by atoms with Gasteiger partial charge in [-0.2, -0.15) is 0 Å². The molecule has 2 heterocycles. The van der Waals surface area contributed by atoms with Crippen LogP contribution in [0.15, 0.2) is 33.9 Å². The molecular formula is C23H25ClN4O5. The third kappa shape index (κ3) is 4.79. The number of nitrogens with one attached hydrogen (secondary N) is 2. The molecule has 0 radical (unpaired) electrons. The van der Waals surface area contributed by atoms with E-state index in [1.807, 2.05) is 6.92 Å². The van der Waals surface area contributed by atoms with E-state index in [1.54, 1.807) is 31.4 Å². The summed E-state index contributed by atoms with van der Waals surface area (Å²) in [4.78, 5) is 45.6. The Hall–Kier alpha value is -3.17. The number of aromatic amines is 1. The molecule has 1 amide bonds. The van der Waals surface area contributed by atoms with Crippen LogP contribution >= 0.6 is 11.6 Å². The number of ether oxygens (including phenoxy) is 2. The number of aromatic nitrogens is 3. The van der Waals surface area contributed by atoms with Crippen LogP contribution in [0.2, 0.25) is 5.02 Å². The summed E-state index contributed by atoms with van der Waals surface area (Å²) < 4.78 is 12.1. The summed E-state index contributed by atoms with van der Waals surface area (Å²) in [6.07, 6.45) is 2.57. The highest BCUT2D eigenvalue weighted by atomic mass is 35.5. The molecule has 1 saturated carbocycles. The predicted molar refractivity (Wildman–Crippen MR) is 126 cm³/mol. The molecule has 10 heteroatoms. The van der Waals surface area contributed by atoms with Crippen LogP contribution in [0.1, 0.15) is 48.2 Å². The molecule has 3 aromatic rings. The van der Waals surface area contributed by atoms with Gasteiger partial charge in [-0.15, -0.1) is 0 Å². The lowest BCUT2D eigenvalue weighted by molar-refractivity contribution is 0.102. The number of pyridine rings is 1. The summed E-state index contributed by atoms with van der Waals surface area (Å²) >= 11 is 6.29. The molecule has 0 bridgehead atoms. The number of para-hydroxylation sites is 1. The maximum absolute atomic E-state index is 13.4. The summed E-state index contributed by atoms with van der Waals surface area (Å²) in [5, 5.41) is 3.22. The van der Waals surface area contributed by atoms with Crippen LogP contribution in [-0.4, -0.2) is 40.8 Å². The Balaban J connectivity index is 1.81. The molecule has 2 N–H and O–H groups in total. The van der Waals surface area contributed by atoms with E-state index in [1.165, 1.54) is 4.57 Å². The molecule has 9 nitrogen and oxygen atoms in total. The Morgan fingerprint density at radius 2 is 2.09 bits per heavy atom. The molecule has 0 aliphatic heterocycles. The molecule has 1 aliphatic carbocycles. The van der Waals surface area contributed by atoms with Gasteiger partial charge in [-0.05, 0) is 37.5 Å². The van der Waals surface area contributed by atoms with Crippen molar-refractivity contribution in [2.45, 2.75) is 38.6 Å². The van der Waals surface area contributed by atoms with Crippen LogP contribution in [0.25, 0.3) is 11.0 Å². The number of methoxy groups -OCH3 is 1. The van der Waals surface area contributed by atoms with Gasteiger partial charge in [0.1, 0.15) is 6.61 Å². The quantitative estimate of drug-likeness (QED) is 0.462. The van der Waals surface area contributed by atoms with E-state index in [9.17, 15) is 14.4 Å². The number of anilines is 1. The molecule has 4 rings (SSSR count). The molecule has 1 aliphatic rings. The van der Waals surface area contributed by atoms with Crippen LogP contribution in [-0.2, 0) is 11.3 Å². The highest BCUT2D eigenvalue weighted by Crippen LogP contribution is 2.40. The number of hydrogen-bond donors (Lipinski definition) is 2. The number of carbonyl (C=O) groups is 1. The summed E-state index contributed by atoms with van der Waals surface area (Å²) in [6.45, 7) is 2.89. The number of rotatable bonds is 9. The predicted octanol–water partition coefficient (Wildman–Crippen LogP) is 3.30. The molecule has 0 atom stereocenters. The van der Waals surface area contributed by atoms with Gasteiger partial charge in [0.2, 0.25) is 0 Å². The number of amides is 1. The van der Waals surface area contributed by atoms with Gasteiger partial charge in [-0.1, -0.05) is 24.6 Å². The maximum atomic E-state index is 13.4. The molecule has 0 saturated heterocycles. The van der Waals surface area contributed by atoms with Gasteiger partial charge in [-0.25, -0.2) is 9.78 Å². The van der Waals surface area contributed by atoms with Gasteiger partial charge in [0.15, 0.2) is 11.4 Å². The number of nitrogens with zero attached hydrogens (tertiary/aromatic N) is 2. The second-order valence-corrected chi connectivity index (χ2v) is 8.30. The number of hydrogen-bond acceptors (Lipinski definition) is 6. The van der Waals surface area contributed by atoms with Crippen LogP contribution in [0, 0.1) is 0 Å². The van der Waals surface area contributed by atoms with Gasteiger partial charge in [0.25, 0.3) is 11.5 Å². The lowest BCUT2D eigenvalue weighted by Crippen LogP contribution is -2.32. The third-order valence-corrected chi connectivity index (χ3v) is 5.70. The Bertz CT molecular complexity index is 1310. The second kappa shape index (κ2) is 9.76. The van der Waals surface area contributed by atoms with E-state index in [2.05, 4.69) is 15.3 Å². The first kappa shape index (κ1) is 23.0. The molecule has 1 fully saturated rings. The smallest absolute Gasteiger partial charge is 0.329 e. The Kier molecular flexibility index (Phi) is 6.80. The van der Waals surface area contributed by atoms with Crippen molar-refractivity contribution in [1.29, 1.82) is 0 Å². The minimum Gasteiger partial charge on any atom is -0.487 e. The van der Waals surface area contributed by atoms with Crippen molar-refractivity contribution < 1.29 is 14.3 Å². The highest BCUT2D eigenvalue weighted by Gasteiger charge is 2.29. The first-order valence-electron chi connectivity index (χ1n) is 10.8. The van der Waals surface area contributed by atoms with Crippen LogP contribution in [0.4, 0.5) is 5.69 Å². The number of fused-ring (bicyclic) bond motifs is 1. The summed E-state index contributed by atoms with van der Waals surface area (Å²) in [5.41, 5.74) is 0.249. The molecule has 1 aromatic carbocycles. The number of carbonyl (C=O) groups excluding carboxylic acids is 1. The van der Waals surface area contributed by atoms with Gasteiger partial charge < -0.3 is 14.8 Å². The fourth-order valence-electron chi connectivity index (χ4n) is 3.66. The highest BCUT2D eigenvalue weighted by molar-refractivity contribution is 6.32. The number of H-pyrrole nitrogens is 1. The van der Waals surface area contributed by atoms with Crippen LogP contribution in [0.5, 0.6) is 5.75 Å². The van der Waals surface area contributed by atoms with Gasteiger partial charge in [-0.3, -0.25) is 19.1 Å². The van der Waals surface area contributed by atoms with E-state index in [0.29, 0.717) is 41.7 Å². The molecule has 0 unspecified atom stereocenters. The SMILES string of the molecule is CCCn1c(=O)[nH]c(=O)c2c(C(=O)Nc3cccc(Cl)c3OCCOC)cc(C3CC3)nc21. The van der Waals surface area contributed by atoms with Crippen molar-refractivity contribution in [1.82, 2.24) is 14.5 Å². The van der Waals surface area contributed by atoms with Crippen LogP contribution < -0.4 is 21.3 Å². The fourth-order valence-corrected chi connectivity index (χ4v) is 3.89.